The van der Waals surface area contributed by atoms with Crippen LogP contribution in [0.4, 0.5) is 0 Å². The van der Waals surface area contributed by atoms with E-state index >= 15 is 0 Å². The molecule has 0 bridgehead atoms. The fraction of sp³-hybridized carbons (Fsp3) is 0.800. The summed E-state index contributed by atoms with van der Waals surface area (Å²) < 4.78 is 5.23. The fourth-order valence-corrected chi connectivity index (χ4v) is 1.49. The van der Waals surface area contributed by atoms with Crippen molar-refractivity contribution in [2.45, 2.75) is 26.0 Å². The van der Waals surface area contributed by atoms with Crippen molar-refractivity contribution < 1.29 is 19.4 Å². The maximum absolute atomic E-state index is 11.7. The first-order valence-electron chi connectivity index (χ1n) is 5.38. The molecule has 92 valence electrons. The van der Waals surface area contributed by atoms with Crippen molar-refractivity contribution >= 4 is 11.9 Å². The molecule has 1 fully saturated rings. The number of amides is 1. The Kier molecular flexibility index (Phi) is 4.70. The molecule has 6 heteroatoms. The highest BCUT2D eigenvalue weighted by Gasteiger charge is 2.28. The number of carbonyl (C=O) groups is 2. The van der Waals surface area contributed by atoms with Crippen LogP contribution in [0, 0.1) is 5.92 Å². The third-order valence-corrected chi connectivity index (χ3v) is 2.45. The van der Waals surface area contributed by atoms with Crippen LogP contribution >= 0.6 is 0 Å². The third kappa shape index (κ3) is 3.46. The van der Waals surface area contributed by atoms with Crippen molar-refractivity contribution in [3.05, 3.63) is 0 Å². The average Bonchev–Trinajstić information content (AvgIpc) is 2.25. The number of nitrogens with one attached hydrogen (secondary N) is 2. The first-order valence-corrected chi connectivity index (χ1v) is 5.38. The second-order valence-electron chi connectivity index (χ2n) is 4.13. The maximum Gasteiger partial charge on any atom is 0.326 e. The number of carboxylic acids is 1. The van der Waals surface area contributed by atoms with E-state index in [-0.39, 0.29) is 11.8 Å². The van der Waals surface area contributed by atoms with Crippen LogP contribution in [0.1, 0.15) is 13.8 Å². The van der Waals surface area contributed by atoms with E-state index in [0.29, 0.717) is 13.2 Å². The molecule has 0 aromatic carbocycles. The summed E-state index contributed by atoms with van der Waals surface area (Å²) >= 11 is 0. The molecule has 0 aromatic heterocycles. The first-order chi connectivity index (χ1) is 7.52. The third-order valence-electron chi connectivity index (χ3n) is 2.45. The molecule has 0 spiro atoms. The Bertz CT molecular complexity index is 262. The van der Waals surface area contributed by atoms with Crippen LogP contribution in [0.2, 0.25) is 0 Å². The minimum Gasteiger partial charge on any atom is -0.480 e. The quantitative estimate of drug-likeness (QED) is 0.588. The van der Waals surface area contributed by atoms with Gasteiger partial charge in [-0.05, 0) is 5.92 Å². The van der Waals surface area contributed by atoms with Crippen molar-refractivity contribution in [1.29, 1.82) is 0 Å². The summed E-state index contributed by atoms with van der Waals surface area (Å²) in [6.45, 7) is 5.11. The molecule has 1 saturated heterocycles. The summed E-state index contributed by atoms with van der Waals surface area (Å²) in [4.78, 5) is 22.6. The predicted octanol–water partition coefficient (Wildman–Crippen LogP) is -0.800. The van der Waals surface area contributed by atoms with Crippen LogP contribution in [0.3, 0.4) is 0 Å². The summed E-state index contributed by atoms with van der Waals surface area (Å²) in [5.74, 6) is -1.54. The number of morpholine rings is 1. The van der Waals surface area contributed by atoms with Gasteiger partial charge in [-0.25, -0.2) is 4.79 Å². The maximum atomic E-state index is 11.7. The van der Waals surface area contributed by atoms with E-state index in [1.54, 1.807) is 13.8 Å². The van der Waals surface area contributed by atoms with Crippen LogP contribution in [0.5, 0.6) is 0 Å². The van der Waals surface area contributed by atoms with Gasteiger partial charge in [0.15, 0.2) is 0 Å². The molecule has 1 heterocycles. The van der Waals surface area contributed by atoms with E-state index in [2.05, 4.69) is 10.6 Å². The van der Waals surface area contributed by atoms with E-state index in [1.807, 2.05) is 0 Å². The van der Waals surface area contributed by atoms with E-state index in [9.17, 15) is 9.59 Å². The second kappa shape index (κ2) is 5.81. The Balaban J connectivity index is 2.50. The highest BCUT2D eigenvalue weighted by atomic mass is 16.5. The smallest absolute Gasteiger partial charge is 0.326 e. The Hall–Kier alpha value is -1.14. The summed E-state index contributed by atoms with van der Waals surface area (Å²) in [7, 11) is 0. The molecule has 2 atom stereocenters. The lowest BCUT2D eigenvalue weighted by Gasteiger charge is -2.25. The molecular weight excluding hydrogens is 212 g/mol. The molecule has 3 N–H and O–H groups in total. The molecule has 1 rings (SSSR count). The number of rotatable bonds is 4. The first kappa shape index (κ1) is 12.9. The van der Waals surface area contributed by atoms with Crippen LogP contribution in [0.15, 0.2) is 0 Å². The molecule has 0 aliphatic carbocycles. The molecule has 6 nitrogen and oxygen atoms in total. The van der Waals surface area contributed by atoms with Gasteiger partial charge in [-0.3, -0.25) is 4.79 Å². The summed E-state index contributed by atoms with van der Waals surface area (Å²) in [5, 5.41) is 14.4. The zero-order valence-corrected chi connectivity index (χ0v) is 9.53. The van der Waals surface area contributed by atoms with Gasteiger partial charge >= 0.3 is 5.97 Å². The number of hydrogen-bond acceptors (Lipinski definition) is 4. The van der Waals surface area contributed by atoms with Gasteiger partial charge in [-0.1, -0.05) is 13.8 Å². The van der Waals surface area contributed by atoms with Crippen molar-refractivity contribution in [2.75, 3.05) is 19.7 Å². The van der Waals surface area contributed by atoms with Crippen LogP contribution in [0.25, 0.3) is 0 Å². The highest BCUT2D eigenvalue weighted by Crippen LogP contribution is 2.04. The number of carbonyl (C=O) groups excluding carboxylic acids is 1. The van der Waals surface area contributed by atoms with Gasteiger partial charge in [0.05, 0.1) is 6.61 Å². The molecule has 0 radical (unpaired) electrons. The van der Waals surface area contributed by atoms with E-state index in [1.165, 1.54) is 0 Å². The Labute approximate surface area is 94.3 Å². The largest absolute Gasteiger partial charge is 0.480 e. The normalized spacial score (nSPS) is 22.8. The van der Waals surface area contributed by atoms with Crippen LogP contribution in [-0.2, 0) is 14.3 Å². The Morgan fingerprint density at radius 2 is 2.19 bits per heavy atom. The fourth-order valence-electron chi connectivity index (χ4n) is 1.49. The van der Waals surface area contributed by atoms with Gasteiger partial charge in [0, 0.05) is 13.1 Å². The van der Waals surface area contributed by atoms with Gasteiger partial charge in [-0.2, -0.15) is 0 Å². The number of carboxylic acid groups (broad SMARTS) is 1. The summed E-state index contributed by atoms with van der Waals surface area (Å²) in [6.07, 6.45) is -0.589. The van der Waals surface area contributed by atoms with Gasteiger partial charge in [0.2, 0.25) is 0 Å². The average molecular weight is 230 g/mol. The van der Waals surface area contributed by atoms with Crippen molar-refractivity contribution in [3.63, 3.8) is 0 Å². The Morgan fingerprint density at radius 1 is 1.50 bits per heavy atom. The van der Waals surface area contributed by atoms with E-state index in [0.717, 1.165) is 6.54 Å². The molecule has 16 heavy (non-hydrogen) atoms. The summed E-state index contributed by atoms with van der Waals surface area (Å²) in [5.41, 5.74) is 0. The summed E-state index contributed by atoms with van der Waals surface area (Å²) in [6, 6.07) is -0.863. The molecular formula is C10H18N2O4. The predicted molar refractivity (Wildman–Crippen MR) is 57.0 cm³/mol. The minimum absolute atomic E-state index is 0.155. The molecule has 0 saturated carbocycles. The lowest BCUT2D eigenvalue weighted by molar-refractivity contribution is -0.146. The lowest BCUT2D eigenvalue weighted by atomic mass is 10.0. The molecule has 0 aromatic rings. The van der Waals surface area contributed by atoms with Crippen LogP contribution in [-0.4, -0.2) is 48.8 Å². The standard InChI is InChI=1S/C10H18N2O4/c1-6(2)8(10(14)15)12-9(13)7-5-11-3-4-16-7/h6-8,11H,3-5H2,1-2H3,(H,12,13)(H,14,15)/t7?,8-/m0/s1. The zero-order chi connectivity index (χ0) is 12.1. The highest BCUT2D eigenvalue weighted by molar-refractivity contribution is 5.86. The molecule has 1 amide bonds. The van der Waals surface area contributed by atoms with Gasteiger partial charge in [-0.15, -0.1) is 0 Å². The number of ether oxygens (including phenoxy) is 1. The van der Waals surface area contributed by atoms with Crippen LogP contribution < -0.4 is 10.6 Å². The molecule has 1 aliphatic heterocycles. The number of hydrogen-bond donors (Lipinski definition) is 3. The second-order valence-corrected chi connectivity index (χ2v) is 4.13. The van der Waals surface area contributed by atoms with E-state index < -0.39 is 18.1 Å². The minimum atomic E-state index is -1.02. The SMILES string of the molecule is CC(C)[C@H](NC(=O)C1CNCCO1)C(=O)O. The van der Waals surface area contributed by atoms with E-state index in [4.69, 9.17) is 9.84 Å². The Morgan fingerprint density at radius 3 is 2.62 bits per heavy atom. The van der Waals surface area contributed by atoms with Gasteiger partial charge < -0.3 is 20.5 Å². The topological polar surface area (TPSA) is 87.7 Å². The lowest BCUT2D eigenvalue weighted by Crippen LogP contribution is -2.53. The molecule has 1 unspecified atom stereocenters. The monoisotopic (exact) mass is 230 g/mol. The van der Waals surface area contributed by atoms with Crippen molar-refractivity contribution in [1.82, 2.24) is 10.6 Å². The molecule has 1 aliphatic rings. The number of aliphatic carboxylic acids is 1. The van der Waals surface area contributed by atoms with Gasteiger partial charge in [0.1, 0.15) is 12.1 Å². The van der Waals surface area contributed by atoms with Crippen molar-refractivity contribution in [3.8, 4) is 0 Å². The van der Waals surface area contributed by atoms with Crippen molar-refractivity contribution in [2.24, 2.45) is 5.92 Å². The van der Waals surface area contributed by atoms with Gasteiger partial charge in [0.25, 0.3) is 5.91 Å². The zero-order valence-electron chi connectivity index (χ0n) is 9.53.